The van der Waals surface area contributed by atoms with Gasteiger partial charge in [-0.3, -0.25) is 18.9 Å². The average Bonchev–Trinajstić information content (AvgIpc) is 2.95. The summed E-state index contributed by atoms with van der Waals surface area (Å²) in [7, 11) is 1.77. The summed E-state index contributed by atoms with van der Waals surface area (Å²) in [5, 5.41) is 3.58. The minimum absolute atomic E-state index is 0.0255. The molecule has 158 valence electrons. The highest BCUT2D eigenvalue weighted by atomic mass is 35.5. The normalized spacial score (nSPS) is 19.2. The van der Waals surface area contributed by atoms with E-state index in [1.807, 2.05) is 23.6 Å². The van der Waals surface area contributed by atoms with Gasteiger partial charge in [0, 0.05) is 31.5 Å². The van der Waals surface area contributed by atoms with E-state index in [0.717, 1.165) is 42.5 Å². The fourth-order valence-corrected chi connectivity index (χ4v) is 4.45. The maximum absolute atomic E-state index is 12.7. The molecule has 0 aromatic carbocycles. The maximum Gasteiger partial charge on any atom is 0.330 e. The first kappa shape index (κ1) is 20.6. The Morgan fingerprint density at radius 1 is 1.23 bits per heavy atom. The van der Waals surface area contributed by atoms with Crippen LogP contribution in [0.25, 0.3) is 11.2 Å². The van der Waals surface area contributed by atoms with Gasteiger partial charge in [0.1, 0.15) is 0 Å². The first-order chi connectivity index (χ1) is 14.3. The summed E-state index contributed by atoms with van der Waals surface area (Å²) in [5.41, 5.74) is 3.68. The number of halogens is 1. The Kier molecular flexibility index (Phi) is 5.64. The van der Waals surface area contributed by atoms with Gasteiger partial charge in [-0.1, -0.05) is 11.6 Å². The van der Waals surface area contributed by atoms with Crippen molar-refractivity contribution in [1.29, 1.82) is 0 Å². The van der Waals surface area contributed by atoms with Gasteiger partial charge in [-0.15, -0.1) is 0 Å². The smallest absolute Gasteiger partial charge is 0.330 e. The second-order valence-corrected chi connectivity index (χ2v) is 8.66. The summed E-state index contributed by atoms with van der Waals surface area (Å²) in [6.07, 6.45) is 5.24. The lowest BCUT2D eigenvalue weighted by molar-refractivity contribution is 0.0919. The zero-order valence-electron chi connectivity index (χ0n) is 17.5. The summed E-state index contributed by atoms with van der Waals surface area (Å²) in [6.45, 7) is 4.41. The minimum atomic E-state index is -0.127. The van der Waals surface area contributed by atoms with Crippen LogP contribution in [0.4, 0.5) is 0 Å². The number of aryl methyl sites for hydroxylation is 3. The topological polar surface area (TPSA) is 81.8 Å². The van der Waals surface area contributed by atoms with Gasteiger partial charge in [0.05, 0.1) is 21.8 Å². The van der Waals surface area contributed by atoms with Crippen LogP contribution in [0.1, 0.15) is 47.4 Å². The zero-order chi connectivity index (χ0) is 21.4. The molecule has 3 aromatic heterocycles. The molecule has 1 fully saturated rings. The minimum Gasteiger partial charge on any atom is -0.349 e. The number of aromatic nitrogens is 4. The largest absolute Gasteiger partial charge is 0.349 e. The molecule has 1 saturated carbocycles. The molecule has 0 bridgehead atoms. The van der Waals surface area contributed by atoms with Gasteiger partial charge in [0.15, 0.2) is 5.65 Å². The molecule has 8 heteroatoms. The summed E-state index contributed by atoms with van der Waals surface area (Å²) in [5.74, 6) is 0.273. The molecule has 0 atom stereocenters. The highest BCUT2D eigenvalue weighted by Gasteiger charge is 2.25. The van der Waals surface area contributed by atoms with Gasteiger partial charge < -0.3 is 5.32 Å². The Bertz CT molecular complexity index is 1160. The molecule has 0 aliphatic heterocycles. The molecule has 1 aliphatic rings. The van der Waals surface area contributed by atoms with Crippen LogP contribution >= 0.6 is 11.6 Å². The molecule has 7 nitrogen and oxygen atoms in total. The van der Waals surface area contributed by atoms with Crippen molar-refractivity contribution in [1.82, 2.24) is 24.4 Å². The third-order valence-electron chi connectivity index (χ3n) is 6.04. The molecule has 1 N–H and O–H groups in total. The molecule has 1 amide bonds. The molecule has 0 unspecified atom stereocenters. The lowest BCUT2D eigenvalue weighted by Gasteiger charge is -2.29. The van der Waals surface area contributed by atoms with Crippen LogP contribution in [0.3, 0.4) is 0 Å². The number of nitrogens with zero attached hydrogens (tertiary/aromatic N) is 4. The summed E-state index contributed by atoms with van der Waals surface area (Å²) < 4.78 is 3.46. The van der Waals surface area contributed by atoms with Crippen LogP contribution in [0.5, 0.6) is 0 Å². The number of imidazole rings is 1. The fourth-order valence-electron chi connectivity index (χ4n) is 4.29. The van der Waals surface area contributed by atoms with E-state index in [4.69, 9.17) is 11.6 Å². The summed E-state index contributed by atoms with van der Waals surface area (Å²) >= 11 is 5.99. The SMILES string of the molecule is Cc1ccc2c(n1)n(C)c(=O)n2CC1CCC(NC(=O)c2cc(Cl)cnc2C)CC1. The Balaban J connectivity index is 1.40. The van der Waals surface area contributed by atoms with E-state index < -0.39 is 0 Å². The van der Waals surface area contributed by atoms with E-state index in [1.165, 1.54) is 0 Å². The van der Waals surface area contributed by atoms with Gasteiger partial charge in [0.25, 0.3) is 5.91 Å². The van der Waals surface area contributed by atoms with E-state index >= 15 is 0 Å². The van der Waals surface area contributed by atoms with Crippen LogP contribution in [-0.4, -0.2) is 31.1 Å². The third-order valence-corrected chi connectivity index (χ3v) is 6.25. The van der Waals surface area contributed by atoms with E-state index in [0.29, 0.717) is 28.7 Å². The van der Waals surface area contributed by atoms with Gasteiger partial charge in [0.2, 0.25) is 0 Å². The lowest BCUT2D eigenvalue weighted by atomic mass is 9.85. The number of carbonyl (C=O) groups is 1. The van der Waals surface area contributed by atoms with Gasteiger partial charge in [-0.05, 0) is 63.6 Å². The van der Waals surface area contributed by atoms with E-state index in [-0.39, 0.29) is 17.6 Å². The Hall–Kier alpha value is -2.67. The molecular weight excluding hydrogens is 402 g/mol. The van der Waals surface area contributed by atoms with Gasteiger partial charge >= 0.3 is 5.69 Å². The van der Waals surface area contributed by atoms with Gasteiger partial charge in [-0.25, -0.2) is 9.78 Å². The van der Waals surface area contributed by atoms with E-state index in [9.17, 15) is 9.59 Å². The second-order valence-electron chi connectivity index (χ2n) is 8.23. The standard InChI is InChI=1S/C22H26ClN5O2/c1-13-4-9-19-20(25-13)27(3)22(30)28(19)12-15-5-7-17(8-6-15)26-21(29)18-10-16(23)11-24-14(18)2/h4,9-11,15,17H,5-8,12H2,1-3H3,(H,26,29). The molecule has 4 rings (SSSR count). The molecule has 0 saturated heterocycles. The molecule has 0 radical (unpaired) electrons. The average molecular weight is 428 g/mol. The first-order valence-corrected chi connectivity index (χ1v) is 10.7. The van der Waals surface area contributed by atoms with Gasteiger partial charge in [-0.2, -0.15) is 0 Å². The van der Waals surface area contributed by atoms with Crippen molar-refractivity contribution >= 4 is 28.7 Å². The number of pyridine rings is 2. The number of nitrogens with one attached hydrogen (secondary N) is 1. The zero-order valence-corrected chi connectivity index (χ0v) is 18.2. The Morgan fingerprint density at radius 2 is 1.97 bits per heavy atom. The van der Waals surface area contributed by atoms with Crippen LogP contribution < -0.4 is 11.0 Å². The van der Waals surface area contributed by atoms with E-state index in [2.05, 4.69) is 15.3 Å². The molecule has 3 aromatic rings. The van der Waals surface area contributed by atoms with Crippen molar-refractivity contribution in [3.63, 3.8) is 0 Å². The quantitative estimate of drug-likeness (QED) is 0.691. The Labute approximate surface area is 180 Å². The number of hydrogen-bond donors (Lipinski definition) is 1. The molecule has 30 heavy (non-hydrogen) atoms. The predicted octanol–water partition coefficient (Wildman–Crippen LogP) is 3.39. The first-order valence-electron chi connectivity index (χ1n) is 10.3. The fraction of sp³-hybridized carbons (Fsp3) is 0.455. The number of fused-ring (bicyclic) bond motifs is 1. The second kappa shape index (κ2) is 8.22. The van der Waals surface area contributed by atoms with Crippen molar-refractivity contribution in [2.24, 2.45) is 13.0 Å². The summed E-state index contributed by atoms with van der Waals surface area (Å²) in [6, 6.07) is 5.71. The molecular formula is C22H26ClN5O2. The number of rotatable bonds is 4. The van der Waals surface area contributed by atoms with Crippen molar-refractivity contribution < 1.29 is 4.79 Å². The highest BCUT2D eigenvalue weighted by molar-refractivity contribution is 6.30. The van der Waals surface area contributed by atoms with Crippen molar-refractivity contribution in [2.45, 2.75) is 52.1 Å². The number of carbonyl (C=O) groups excluding carboxylic acids is 1. The molecule has 0 spiro atoms. The third kappa shape index (κ3) is 3.99. The van der Waals surface area contributed by atoms with Crippen LogP contribution in [0.2, 0.25) is 5.02 Å². The van der Waals surface area contributed by atoms with Crippen LogP contribution in [0.15, 0.2) is 29.2 Å². The molecule has 1 aliphatic carbocycles. The summed E-state index contributed by atoms with van der Waals surface area (Å²) in [4.78, 5) is 34.0. The van der Waals surface area contributed by atoms with Crippen molar-refractivity contribution in [3.8, 4) is 0 Å². The molecule has 3 heterocycles. The van der Waals surface area contributed by atoms with Crippen molar-refractivity contribution in [2.75, 3.05) is 0 Å². The highest BCUT2D eigenvalue weighted by Crippen LogP contribution is 2.27. The number of amides is 1. The predicted molar refractivity (Wildman–Crippen MR) is 117 cm³/mol. The van der Waals surface area contributed by atoms with E-state index in [1.54, 1.807) is 30.8 Å². The van der Waals surface area contributed by atoms with Crippen LogP contribution in [-0.2, 0) is 13.6 Å². The number of hydrogen-bond acceptors (Lipinski definition) is 4. The Morgan fingerprint density at radius 3 is 2.70 bits per heavy atom. The lowest BCUT2D eigenvalue weighted by Crippen LogP contribution is -2.39. The monoisotopic (exact) mass is 427 g/mol. The maximum atomic E-state index is 12.7. The van der Waals surface area contributed by atoms with Crippen LogP contribution in [0, 0.1) is 19.8 Å². The van der Waals surface area contributed by atoms with Crippen molar-refractivity contribution in [3.05, 3.63) is 56.9 Å².